The number of hydrogen-bond acceptors (Lipinski definition) is 8. The molecule has 1 aromatic heterocycles. The summed E-state index contributed by atoms with van der Waals surface area (Å²) in [5, 5.41) is 3.75. The molecule has 1 aromatic carbocycles. The van der Waals surface area contributed by atoms with Crippen LogP contribution in [0, 0.1) is 0 Å². The summed E-state index contributed by atoms with van der Waals surface area (Å²) in [6, 6.07) is 7.22. The maximum atomic E-state index is 11.7. The van der Waals surface area contributed by atoms with Crippen LogP contribution in [0.5, 0.6) is 5.75 Å². The van der Waals surface area contributed by atoms with Crippen molar-refractivity contribution in [3.63, 3.8) is 0 Å². The molecule has 2 aromatic rings. The number of aromatic nitrogens is 2. The molecular formula is C15H15N3O5S. The molecule has 1 saturated heterocycles. The smallest absolute Gasteiger partial charge is 0.326 e. The minimum atomic E-state index is -0.507. The number of esters is 1. The van der Waals surface area contributed by atoms with Crippen LogP contribution < -0.4 is 4.74 Å². The van der Waals surface area contributed by atoms with Crippen LogP contribution in [-0.4, -0.2) is 52.2 Å². The van der Waals surface area contributed by atoms with Crippen LogP contribution in [-0.2, 0) is 16.1 Å². The van der Waals surface area contributed by atoms with Gasteiger partial charge in [-0.15, -0.1) is 0 Å². The van der Waals surface area contributed by atoms with Crippen molar-refractivity contribution >= 4 is 23.0 Å². The molecule has 24 heavy (non-hydrogen) atoms. The largest absolute Gasteiger partial charge is 0.497 e. The molecule has 0 radical (unpaired) electrons. The van der Waals surface area contributed by atoms with E-state index < -0.39 is 5.97 Å². The first kappa shape index (κ1) is 16.3. The molecule has 0 aliphatic carbocycles. The van der Waals surface area contributed by atoms with Crippen molar-refractivity contribution in [1.29, 1.82) is 0 Å². The van der Waals surface area contributed by atoms with Crippen molar-refractivity contribution in [2.75, 3.05) is 26.0 Å². The molecule has 0 spiro atoms. The molecule has 1 aliphatic heterocycles. The van der Waals surface area contributed by atoms with Gasteiger partial charge >= 0.3 is 5.97 Å². The Morgan fingerprint density at radius 2 is 2.33 bits per heavy atom. The second-order valence-electron chi connectivity index (χ2n) is 4.94. The number of thioether (sulfide) groups is 1. The molecule has 9 heteroatoms. The van der Waals surface area contributed by atoms with Crippen LogP contribution in [0.25, 0.3) is 11.4 Å². The van der Waals surface area contributed by atoms with Crippen molar-refractivity contribution in [3.8, 4) is 17.1 Å². The molecular weight excluding hydrogens is 334 g/mol. The van der Waals surface area contributed by atoms with Crippen molar-refractivity contribution < 1.29 is 23.6 Å². The second-order valence-corrected chi connectivity index (χ2v) is 5.99. The number of carbonyl (C=O) groups excluding carboxylic acids is 2. The first-order valence-corrected chi connectivity index (χ1v) is 8.18. The zero-order chi connectivity index (χ0) is 16.9. The number of rotatable bonds is 6. The summed E-state index contributed by atoms with van der Waals surface area (Å²) in [5.41, 5.74) is 0.732. The van der Waals surface area contributed by atoms with Gasteiger partial charge in [0.25, 0.3) is 11.1 Å². The summed E-state index contributed by atoms with van der Waals surface area (Å²) in [6.07, 6.45) is 0. The van der Waals surface area contributed by atoms with E-state index in [1.54, 1.807) is 13.2 Å². The SMILES string of the molecule is COc1cccc(-c2noc(COC(=O)CN3CCSC3=O)n2)c1. The van der Waals surface area contributed by atoms with Crippen LogP contribution in [0.4, 0.5) is 4.79 Å². The van der Waals surface area contributed by atoms with Crippen molar-refractivity contribution in [2.45, 2.75) is 6.61 Å². The van der Waals surface area contributed by atoms with E-state index in [1.807, 2.05) is 18.2 Å². The van der Waals surface area contributed by atoms with E-state index in [-0.39, 0.29) is 24.3 Å². The molecule has 126 valence electrons. The zero-order valence-electron chi connectivity index (χ0n) is 12.9. The highest BCUT2D eigenvalue weighted by Gasteiger charge is 2.24. The van der Waals surface area contributed by atoms with Gasteiger partial charge in [0.2, 0.25) is 5.82 Å². The summed E-state index contributed by atoms with van der Waals surface area (Å²) < 4.78 is 15.3. The van der Waals surface area contributed by atoms with Gasteiger partial charge in [-0.2, -0.15) is 4.98 Å². The minimum Gasteiger partial charge on any atom is -0.497 e. The van der Waals surface area contributed by atoms with Gasteiger partial charge in [-0.05, 0) is 12.1 Å². The van der Waals surface area contributed by atoms with Gasteiger partial charge in [0.05, 0.1) is 7.11 Å². The van der Waals surface area contributed by atoms with Crippen molar-refractivity contribution in [2.24, 2.45) is 0 Å². The van der Waals surface area contributed by atoms with Gasteiger partial charge < -0.3 is 18.9 Å². The summed E-state index contributed by atoms with van der Waals surface area (Å²) in [5.74, 6) is 1.43. The van der Waals surface area contributed by atoms with E-state index in [0.717, 1.165) is 5.56 Å². The van der Waals surface area contributed by atoms with Crippen molar-refractivity contribution in [3.05, 3.63) is 30.2 Å². The third-order valence-corrected chi connectivity index (χ3v) is 4.21. The van der Waals surface area contributed by atoms with E-state index in [4.69, 9.17) is 14.0 Å². The Hall–Kier alpha value is -2.55. The van der Waals surface area contributed by atoms with Crippen LogP contribution in [0.3, 0.4) is 0 Å². The maximum Gasteiger partial charge on any atom is 0.326 e. The van der Waals surface area contributed by atoms with Gasteiger partial charge in [0.1, 0.15) is 12.3 Å². The number of benzene rings is 1. The van der Waals surface area contributed by atoms with E-state index in [2.05, 4.69) is 10.1 Å². The van der Waals surface area contributed by atoms with Gasteiger partial charge in [-0.25, -0.2) is 0 Å². The predicted molar refractivity (Wildman–Crippen MR) is 85.5 cm³/mol. The Morgan fingerprint density at radius 3 is 3.08 bits per heavy atom. The summed E-state index contributed by atoms with van der Waals surface area (Å²) in [6.45, 7) is 0.354. The first-order valence-electron chi connectivity index (χ1n) is 7.20. The molecule has 0 unspecified atom stereocenters. The van der Waals surface area contributed by atoms with Crippen molar-refractivity contribution in [1.82, 2.24) is 15.0 Å². The Labute approximate surface area is 142 Å². The number of ether oxygens (including phenoxy) is 2. The molecule has 1 aliphatic rings. The van der Waals surface area contributed by atoms with Gasteiger partial charge in [-0.3, -0.25) is 9.59 Å². The highest BCUT2D eigenvalue weighted by molar-refractivity contribution is 8.13. The molecule has 0 atom stereocenters. The highest BCUT2D eigenvalue weighted by atomic mass is 32.2. The average Bonchev–Trinajstić information content (AvgIpc) is 3.23. The lowest BCUT2D eigenvalue weighted by molar-refractivity contribution is -0.146. The topological polar surface area (TPSA) is 94.8 Å². The van der Waals surface area contributed by atoms with Gasteiger partial charge in [0, 0.05) is 17.9 Å². The second kappa shape index (κ2) is 7.35. The molecule has 0 bridgehead atoms. The van der Waals surface area contributed by atoms with Crippen LogP contribution in [0.2, 0.25) is 0 Å². The first-order chi connectivity index (χ1) is 11.7. The normalized spacial score (nSPS) is 14.0. The Balaban J connectivity index is 1.56. The lowest BCUT2D eigenvalue weighted by Crippen LogP contribution is -2.30. The number of carbonyl (C=O) groups is 2. The molecule has 3 rings (SSSR count). The lowest BCUT2D eigenvalue weighted by Gasteiger charge is -2.12. The fourth-order valence-electron chi connectivity index (χ4n) is 2.11. The average molecular weight is 349 g/mol. The summed E-state index contributed by atoms with van der Waals surface area (Å²) >= 11 is 1.19. The van der Waals surface area contributed by atoms with Crippen LogP contribution in [0.15, 0.2) is 28.8 Å². The molecule has 0 N–H and O–H groups in total. The molecule has 8 nitrogen and oxygen atoms in total. The standard InChI is InChI=1S/C15H15N3O5S/c1-21-11-4-2-3-10(7-11)14-16-12(23-17-14)9-22-13(19)8-18-5-6-24-15(18)20/h2-4,7H,5-6,8-9H2,1H3. The molecule has 1 fully saturated rings. The quantitative estimate of drug-likeness (QED) is 0.731. The molecule has 1 amide bonds. The molecule has 2 heterocycles. The lowest BCUT2D eigenvalue weighted by atomic mass is 10.2. The number of amides is 1. The summed E-state index contributed by atoms with van der Waals surface area (Å²) in [7, 11) is 1.57. The zero-order valence-corrected chi connectivity index (χ0v) is 13.7. The Kier molecular flexibility index (Phi) is 4.99. The van der Waals surface area contributed by atoms with Gasteiger partial charge in [-0.1, -0.05) is 29.1 Å². The predicted octanol–water partition coefficient (Wildman–Crippen LogP) is 1.96. The van der Waals surface area contributed by atoms with E-state index >= 15 is 0 Å². The Bertz CT molecular complexity index is 748. The monoisotopic (exact) mass is 349 g/mol. The fourth-order valence-corrected chi connectivity index (χ4v) is 2.93. The number of methoxy groups -OCH3 is 1. The number of nitrogens with zero attached hydrogens (tertiary/aromatic N) is 3. The summed E-state index contributed by atoms with van der Waals surface area (Å²) in [4.78, 5) is 28.8. The van der Waals surface area contributed by atoms with E-state index in [1.165, 1.54) is 16.7 Å². The van der Waals surface area contributed by atoms with Crippen LogP contribution in [0.1, 0.15) is 5.89 Å². The Morgan fingerprint density at radius 1 is 1.46 bits per heavy atom. The third-order valence-electron chi connectivity index (χ3n) is 3.32. The molecule has 0 saturated carbocycles. The third kappa shape index (κ3) is 3.85. The van der Waals surface area contributed by atoms with Gasteiger partial charge in [0.15, 0.2) is 6.61 Å². The minimum absolute atomic E-state index is 0.0668. The fraction of sp³-hybridized carbons (Fsp3) is 0.333. The van der Waals surface area contributed by atoms with E-state index in [9.17, 15) is 9.59 Å². The van der Waals surface area contributed by atoms with E-state index in [0.29, 0.717) is 23.9 Å². The highest BCUT2D eigenvalue weighted by Crippen LogP contribution is 2.21. The maximum absolute atomic E-state index is 11.7. The number of hydrogen-bond donors (Lipinski definition) is 0. The van der Waals surface area contributed by atoms with Crippen LogP contribution >= 0.6 is 11.8 Å².